The van der Waals surface area contributed by atoms with Crippen molar-refractivity contribution in [3.05, 3.63) is 45.5 Å². The third-order valence-electron chi connectivity index (χ3n) is 3.14. The van der Waals surface area contributed by atoms with Crippen molar-refractivity contribution in [1.82, 2.24) is 4.57 Å². The summed E-state index contributed by atoms with van der Waals surface area (Å²) in [4.78, 5) is 17.2. The molecule has 1 aromatic carbocycles. The van der Waals surface area contributed by atoms with E-state index in [9.17, 15) is 22.4 Å². The maximum absolute atomic E-state index is 13.8. The Morgan fingerprint density at radius 2 is 1.83 bits per heavy atom. The molecule has 0 fully saturated rings. The summed E-state index contributed by atoms with van der Waals surface area (Å²) in [6.07, 6.45) is -3.16. The monoisotopic (exact) mass is 360 g/mol. The molecule has 2 aromatic rings. The van der Waals surface area contributed by atoms with Crippen molar-refractivity contribution >= 4 is 17.2 Å². The van der Waals surface area contributed by atoms with Crippen molar-refractivity contribution in [2.75, 3.05) is 0 Å². The highest BCUT2D eigenvalue weighted by molar-refractivity contribution is 7.09. The molecule has 0 aliphatic carbocycles. The van der Waals surface area contributed by atoms with E-state index in [0.29, 0.717) is 6.07 Å². The van der Waals surface area contributed by atoms with Gasteiger partial charge in [-0.3, -0.25) is 9.36 Å². The van der Waals surface area contributed by atoms with Gasteiger partial charge in [0, 0.05) is 16.5 Å². The highest BCUT2D eigenvalue weighted by Gasteiger charge is 2.34. The predicted octanol–water partition coefficient (Wildman–Crippen LogP) is 4.48. The van der Waals surface area contributed by atoms with E-state index in [1.54, 1.807) is 33.9 Å². The summed E-state index contributed by atoms with van der Waals surface area (Å²) in [6.45, 7) is 6.90. The maximum Gasteiger partial charge on any atom is 0.419 e. The van der Waals surface area contributed by atoms with Gasteiger partial charge in [-0.2, -0.15) is 18.2 Å². The number of halogens is 4. The van der Waals surface area contributed by atoms with E-state index in [2.05, 4.69) is 4.99 Å². The third-order valence-corrected chi connectivity index (χ3v) is 4.04. The van der Waals surface area contributed by atoms with Gasteiger partial charge >= 0.3 is 6.18 Å². The summed E-state index contributed by atoms with van der Waals surface area (Å²) in [7, 11) is 0. The summed E-state index contributed by atoms with van der Waals surface area (Å²) in [6, 6.07) is 2.62. The van der Waals surface area contributed by atoms with Crippen LogP contribution in [0, 0.1) is 18.2 Å². The molecule has 24 heavy (non-hydrogen) atoms. The second kappa shape index (κ2) is 6.16. The number of benzene rings is 1. The number of nitrogens with zero attached hydrogens (tertiary/aromatic N) is 2. The standard InChI is InChI=1S/C16H16F4N2OS/c1-9-8-22(14(24-9)21-13(23)15(2,3)4)10-5-6-11(12(17)7-10)16(18,19)20/h5-8H,1-4H3. The molecule has 0 bridgehead atoms. The minimum Gasteiger partial charge on any atom is -0.292 e. The molecule has 0 spiro atoms. The molecule has 130 valence electrons. The van der Waals surface area contributed by atoms with Crippen LogP contribution < -0.4 is 4.80 Å². The zero-order chi connectivity index (χ0) is 18.3. The number of hydrogen-bond acceptors (Lipinski definition) is 2. The lowest BCUT2D eigenvalue weighted by atomic mass is 9.96. The molecule has 0 saturated carbocycles. The quantitative estimate of drug-likeness (QED) is 0.691. The van der Waals surface area contributed by atoms with Crippen molar-refractivity contribution in [2.24, 2.45) is 10.4 Å². The van der Waals surface area contributed by atoms with Crippen molar-refractivity contribution in [2.45, 2.75) is 33.9 Å². The van der Waals surface area contributed by atoms with Crippen LogP contribution in [-0.2, 0) is 11.0 Å². The highest BCUT2D eigenvalue weighted by Crippen LogP contribution is 2.32. The normalized spacial score (nSPS) is 13.4. The highest BCUT2D eigenvalue weighted by atomic mass is 32.1. The van der Waals surface area contributed by atoms with Gasteiger partial charge in [0.05, 0.1) is 11.3 Å². The Bertz CT molecular complexity index is 841. The van der Waals surface area contributed by atoms with E-state index >= 15 is 0 Å². The zero-order valence-corrected chi connectivity index (χ0v) is 14.3. The van der Waals surface area contributed by atoms with E-state index in [-0.39, 0.29) is 16.4 Å². The van der Waals surface area contributed by atoms with Gasteiger partial charge in [-0.25, -0.2) is 4.39 Å². The van der Waals surface area contributed by atoms with E-state index in [1.807, 2.05) is 0 Å². The number of rotatable bonds is 1. The largest absolute Gasteiger partial charge is 0.419 e. The Hall–Kier alpha value is -1.96. The van der Waals surface area contributed by atoms with Gasteiger partial charge in [-0.15, -0.1) is 11.3 Å². The molecule has 1 heterocycles. The molecule has 0 aliphatic heterocycles. The van der Waals surface area contributed by atoms with Crippen LogP contribution in [-0.4, -0.2) is 10.5 Å². The molecule has 0 atom stereocenters. The minimum atomic E-state index is -4.76. The second-order valence-electron chi connectivity index (χ2n) is 6.32. The number of alkyl halides is 3. The molecule has 8 heteroatoms. The summed E-state index contributed by atoms with van der Waals surface area (Å²) >= 11 is 1.20. The number of carbonyl (C=O) groups excluding carboxylic acids is 1. The topological polar surface area (TPSA) is 34.4 Å². The first kappa shape index (κ1) is 18.4. The summed E-state index contributed by atoms with van der Waals surface area (Å²) in [5.41, 5.74) is -1.85. The number of hydrogen-bond donors (Lipinski definition) is 0. The van der Waals surface area contributed by atoms with Gasteiger partial charge < -0.3 is 0 Å². The SMILES string of the molecule is Cc1cn(-c2ccc(C(F)(F)F)c(F)c2)c(=NC(=O)C(C)(C)C)s1. The minimum absolute atomic E-state index is 0.172. The van der Waals surface area contributed by atoms with Crippen LogP contribution in [0.4, 0.5) is 17.6 Å². The van der Waals surface area contributed by atoms with Crippen molar-refractivity contribution in [3.8, 4) is 5.69 Å². The van der Waals surface area contributed by atoms with Gasteiger partial charge in [0.1, 0.15) is 5.82 Å². The van der Waals surface area contributed by atoms with Crippen LogP contribution in [0.25, 0.3) is 5.69 Å². The fourth-order valence-electron chi connectivity index (χ4n) is 1.86. The molecule has 1 amide bonds. The smallest absolute Gasteiger partial charge is 0.292 e. The van der Waals surface area contributed by atoms with Crippen molar-refractivity contribution < 1.29 is 22.4 Å². The van der Waals surface area contributed by atoms with Crippen molar-refractivity contribution in [1.29, 1.82) is 0 Å². The first-order chi connectivity index (χ1) is 10.9. The number of carbonyl (C=O) groups is 1. The first-order valence-electron chi connectivity index (χ1n) is 7.05. The van der Waals surface area contributed by atoms with Crippen LogP contribution in [0.5, 0.6) is 0 Å². The van der Waals surface area contributed by atoms with E-state index in [4.69, 9.17) is 0 Å². The molecule has 1 aromatic heterocycles. The second-order valence-corrected chi connectivity index (χ2v) is 7.54. The number of aryl methyl sites for hydroxylation is 1. The lowest BCUT2D eigenvalue weighted by Gasteiger charge is -2.12. The molecular formula is C16H16F4N2OS. The van der Waals surface area contributed by atoms with Crippen LogP contribution in [0.2, 0.25) is 0 Å². The van der Waals surface area contributed by atoms with E-state index in [1.165, 1.54) is 15.9 Å². The van der Waals surface area contributed by atoms with E-state index < -0.39 is 23.0 Å². The van der Waals surface area contributed by atoms with Gasteiger partial charge in [-0.05, 0) is 25.1 Å². The molecule has 0 N–H and O–H groups in total. The summed E-state index contributed by atoms with van der Waals surface area (Å²) in [5, 5.41) is 0. The Balaban J connectivity index is 2.57. The number of amides is 1. The van der Waals surface area contributed by atoms with Crippen LogP contribution >= 0.6 is 11.3 Å². The average molecular weight is 360 g/mol. The fraction of sp³-hybridized carbons (Fsp3) is 0.375. The van der Waals surface area contributed by atoms with Gasteiger partial charge in [-0.1, -0.05) is 20.8 Å². The maximum atomic E-state index is 13.8. The Kier molecular flexibility index (Phi) is 4.72. The van der Waals surface area contributed by atoms with Gasteiger partial charge in [0.15, 0.2) is 4.80 Å². The van der Waals surface area contributed by atoms with Crippen LogP contribution in [0.3, 0.4) is 0 Å². The third kappa shape index (κ3) is 3.92. The van der Waals surface area contributed by atoms with E-state index in [0.717, 1.165) is 17.0 Å². The molecule has 2 rings (SSSR count). The molecular weight excluding hydrogens is 344 g/mol. The molecule has 3 nitrogen and oxygen atoms in total. The fourth-order valence-corrected chi connectivity index (χ4v) is 2.69. The predicted molar refractivity (Wildman–Crippen MR) is 83.4 cm³/mol. The average Bonchev–Trinajstić information content (AvgIpc) is 2.76. The van der Waals surface area contributed by atoms with Crippen molar-refractivity contribution in [3.63, 3.8) is 0 Å². The van der Waals surface area contributed by atoms with Gasteiger partial charge in [0.25, 0.3) is 5.91 Å². The lowest BCUT2D eigenvalue weighted by Crippen LogP contribution is -2.23. The Morgan fingerprint density at radius 3 is 2.33 bits per heavy atom. The Morgan fingerprint density at radius 1 is 1.21 bits per heavy atom. The molecule has 0 unspecified atom stereocenters. The van der Waals surface area contributed by atoms with Crippen LogP contribution in [0.15, 0.2) is 29.4 Å². The number of aromatic nitrogens is 1. The first-order valence-corrected chi connectivity index (χ1v) is 7.86. The van der Waals surface area contributed by atoms with Crippen LogP contribution in [0.1, 0.15) is 31.2 Å². The number of thiazole rings is 1. The Labute approximate surface area is 140 Å². The zero-order valence-electron chi connectivity index (χ0n) is 13.5. The molecule has 0 aliphatic rings. The van der Waals surface area contributed by atoms with Gasteiger partial charge in [0.2, 0.25) is 0 Å². The molecule has 0 radical (unpaired) electrons. The summed E-state index contributed by atoms with van der Waals surface area (Å²) < 4.78 is 53.2. The summed E-state index contributed by atoms with van der Waals surface area (Å²) in [5.74, 6) is -1.74. The molecule has 0 saturated heterocycles. The lowest BCUT2D eigenvalue weighted by molar-refractivity contribution is -0.140.